The maximum atomic E-state index is 12.5. The maximum absolute atomic E-state index is 12.5. The Morgan fingerprint density at radius 2 is 1.79 bits per heavy atom. The second-order valence-corrected chi connectivity index (χ2v) is 6.67. The van der Waals surface area contributed by atoms with Gasteiger partial charge in [0, 0.05) is 7.05 Å². The summed E-state index contributed by atoms with van der Waals surface area (Å²) in [5, 5.41) is 3.17. The lowest BCUT2D eigenvalue weighted by Gasteiger charge is -2.17. The number of ether oxygens (including phenoxy) is 1. The quantitative estimate of drug-likeness (QED) is 0.717. The molecule has 0 fully saturated rings. The van der Waals surface area contributed by atoms with E-state index in [-0.39, 0.29) is 30.1 Å². The molecule has 0 aliphatic rings. The molecule has 0 atom stereocenters. The number of aromatic nitrogens is 1. The molecule has 9 heteroatoms. The van der Waals surface area contributed by atoms with Crippen molar-refractivity contribution in [2.24, 2.45) is 0 Å². The van der Waals surface area contributed by atoms with Gasteiger partial charge in [-0.1, -0.05) is 29.3 Å². The number of anilines is 1. The minimum Gasteiger partial charge on any atom is -0.462 e. The minimum absolute atomic E-state index is 0.108. The normalized spacial score (nSPS) is 10.3. The number of amides is 2. The van der Waals surface area contributed by atoms with Gasteiger partial charge in [-0.15, -0.1) is 0 Å². The highest BCUT2D eigenvalue weighted by Crippen LogP contribution is 2.29. The number of hydrogen-bond acceptors (Lipinski definition) is 5. The topological polar surface area (TPSA) is 88.6 Å². The van der Waals surface area contributed by atoms with E-state index in [1.807, 2.05) is 0 Å². The lowest BCUT2D eigenvalue weighted by molar-refractivity contribution is -0.116. The summed E-state index contributed by atoms with van der Waals surface area (Å²) in [5.41, 5.74) is 1.04. The third-order valence-corrected chi connectivity index (χ3v) is 4.38. The van der Waals surface area contributed by atoms with E-state index < -0.39 is 17.8 Å². The number of benzene rings is 1. The van der Waals surface area contributed by atoms with Crippen LogP contribution in [0.5, 0.6) is 0 Å². The van der Waals surface area contributed by atoms with Gasteiger partial charge in [-0.2, -0.15) is 0 Å². The van der Waals surface area contributed by atoms with E-state index in [9.17, 15) is 14.4 Å². The number of rotatable bonds is 6. The molecule has 0 saturated heterocycles. The van der Waals surface area contributed by atoms with Gasteiger partial charge in [0.05, 0.1) is 40.1 Å². The van der Waals surface area contributed by atoms with Crippen LogP contribution in [0, 0.1) is 6.92 Å². The molecule has 1 N–H and O–H groups in total. The van der Waals surface area contributed by atoms with Gasteiger partial charge in [0.1, 0.15) is 5.69 Å². The summed E-state index contributed by atoms with van der Waals surface area (Å²) >= 11 is 12.0. The molecule has 0 aliphatic carbocycles. The van der Waals surface area contributed by atoms with E-state index in [1.165, 1.54) is 24.1 Å². The molecule has 2 amide bonds. The lowest BCUT2D eigenvalue weighted by atomic mass is 10.2. The first-order valence-electron chi connectivity index (χ1n) is 8.38. The highest BCUT2D eigenvalue weighted by Gasteiger charge is 2.20. The highest BCUT2D eigenvalue weighted by molar-refractivity contribution is 6.39. The third-order valence-electron chi connectivity index (χ3n) is 3.75. The molecule has 2 rings (SSSR count). The van der Waals surface area contributed by atoms with Crippen molar-refractivity contribution < 1.29 is 19.1 Å². The van der Waals surface area contributed by atoms with Gasteiger partial charge in [0.15, 0.2) is 0 Å². The second-order valence-electron chi connectivity index (χ2n) is 5.86. The van der Waals surface area contributed by atoms with Crippen molar-refractivity contribution in [2.45, 2.75) is 13.8 Å². The van der Waals surface area contributed by atoms with Crippen LogP contribution in [0.4, 0.5) is 5.69 Å². The number of aryl methyl sites for hydroxylation is 1. The van der Waals surface area contributed by atoms with Crippen LogP contribution in [0.25, 0.3) is 0 Å². The SMILES string of the molecule is CCOC(=O)c1ccc(C(=O)N(C)CC(=O)Nc2c(Cl)cccc2Cl)nc1C. The fraction of sp³-hybridized carbons (Fsp3) is 0.263. The van der Waals surface area contributed by atoms with Crippen LogP contribution in [-0.4, -0.2) is 47.9 Å². The van der Waals surface area contributed by atoms with E-state index >= 15 is 0 Å². The summed E-state index contributed by atoms with van der Waals surface area (Å²) in [4.78, 5) is 42.0. The van der Waals surface area contributed by atoms with Gasteiger partial charge in [-0.25, -0.2) is 9.78 Å². The Balaban J connectivity index is 2.07. The van der Waals surface area contributed by atoms with Crippen LogP contribution in [0.3, 0.4) is 0 Å². The van der Waals surface area contributed by atoms with Gasteiger partial charge in [-0.3, -0.25) is 9.59 Å². The van der Waals surface area contributed by atoms with Crippen molar-refractivity contribution in [1.82, 2.24) is 9.88 Å². The smallest absolute Gasteiger partial charge is 0.339 e. The molecular weight excluding hydrogens is 405 g/mol. The minimum atomic E-state index is -0.504. The number of esters is 1. The molecule has 0 spiro atoms. The molecule has 148 valence electrons. The van der Waals surface area contributed by atoms with E-state index in [0.717, 1.165) is 0 Å². The fourth-order valence-electron chi connectivity index (χ4n) is 2.38. The monoisotopic (exact) mass is 423 g/mol. The van der Waals surface area contributed by atoms with E-state index in [2.05, 4.69) is 10.3 Å². The second kappa shape index (κ2) is 9.52. The van der Waals surface area contributed by atoms with Crippen LogP contribution in [0.15, 0.2) is 30.3 Å². The van der Waals surface area contributed by atoms with Crippen molar-refractivity contribution in [3.05, 3.63) is 57.3 Å². The van der Waals surface area contributed by atoms with Gasteiger partial charge >= 0.3 is 5.97 Å². The molecule has 7 nitrogen and oxygen atoms in total. The van der Waals surface area contributed by atoms with Gasteiger partial charge in [0.2, 0.25) is 5.91 Å². The highest BCUT2D eigenvalue weighted by atomic mass is 35.5. The van der Waals surface area contributed by atoms with Crippen LogP contribution in [-0.2, 0) is 9.53 Å². The molecule has 2 aromatic rings. The Labute approximate surface area is 172 Å². The predicted octanol–water partition coefficient (Wildman–Crippen LogP) is 3.58. The maximum Gasteiger partial charge on any atom is 0.339 e. The molecule has 28 heavy (non-hydrogen) atoms. The number of nitrogens with zero attached hydrogens (tertiary/aromatic N) is 2. The summed E-state index contributed by atoms with van der Waals surface area (Å²) in [5.74, 6) is -1.44. The van der Waals surface area contributed by atoms with Crippen LogP contribution >= 0.6 is 23.2 Å². The molecule has 0 bridgehead atoms. The van der Waals surface area contributed by atoms with Crippen LogP contribution < -0.4 is 5.32 Å². The molecule has 0 aliphatic heterocycles. The molecule has 0 saturated carbocycles. The third kappa shape index (κ3) is 5.21. The fourth-order valence-corrected chi connectivity index (χ4v) is 2.88. The van der Waals surface area contributed by atoms with E-state index in [1.54, 1.807) is 32.0 Å². The number of pyridine rings is 1. The van der Waals surface area contributed by atoms with Crippen LogP contribution in [0.2, 0.25) is 10.0 Å². The average Bonchev–Trinajstić information content (AvgIpc) is 2.64. The number of nitrogens with one attached hydrogen (secondary N) is 1. The zero-order valence-electron chi connectivity index (χ0n) is 15.6. The molecule has 1 heterocycles. The standard InChI is InChI=1S/C19H19Cl2N3O4/c1-4-28-19(27)12-8-9-15(22-11(12)2)18(26)24(3)10-16(25)23-17-13(20)6-5-7-14(17)21/h5-9H,4,10H2,1-3H3,(H,23,25). The Kier molecular flexibility index (Phi) is 7.37. The number of carbonyl (C=O) groups is 3. The summed E-state index contributed by atoms with van der Waals surface area (Å²) in [6, 6.07) is 7.74. The van der Waals surface area contributed by atoms with Crippen molar-refractivity contribution in [3.63, 3.8) is 0 Å². The first-order chi connectivity index (χ1) is 13.2. The van der Waals surface area contributed by atoms with Gasteiger partial charge in [-0.05, 0) is 38.1 Å². The molecule has 1 aromatic carbocycles. The lowest BCUT2D eigenvalue weighted by Crippen LogP contribution is -2.35. The number of hydrogen-bond donors (Lipinski definition) is 1. The largest absolute Gasteiger partial charge is 0.462 e. The van der Waals surface area contributed by atoms with Crippen molar-refractivity contribution in [2.75, 3.05) is 25.5 Å². The Morgan fingerprint density at radius 1 is 1.14 bits per heavy atom. The molecular formula is C19H19Cl2N3O4. The Morgan fingerprint density at radius 3 is 2.36 bits per heavy atom. The number of carbonyl (C=O) groups excluding carboxylic acids is 3. The van der Waals surface area contributed by atoms with E-state index in [0.29, 0.717) is 15.7 Å². The van der Waals surface area contributed by atoms with Crippen molar-refractivity contribution in [1.29, 1.82) is 0 Å². The molecule has 0 unspecified atom stereocenters. The molecule has 1 aromatic heterocycles. The number of likely N-dealkylation sites (N-methyl/N-ethyl adjacent to an activating group) is 1. The summed E-state index contributed by atoms with van der Waals surface area (Å²) in [6.07, 6.45) is 0. The van der Waals surface area contributed by atoms with Crippen LogP contribution in [0.1, 0.15) is 33.5 Å². The first-order valence-corrected chi connectivity index (χ1v) is 9.14. The Bertz CT molecular complexity index is 898. The van der Waals surface area contributed by atoms with Crippen molar-refractivity contribution >= 4 is 46.7 Å². The summed E-state index contributed by atoms with van der Waals surface area (Å²) in [7, 11) is 1.46. The van der Waals surface area contributed by atoms with Gasteiger partial charge in [0.25, 0.3) is 5.91 Å². The van der Waals surface area contributed by atoms with Gasteiger partial charge < -0.3 is 15.0 Å². The Hall–Kier alpha value is -2.64. The van der Waals surface area contributed by atoms with E-state index in [4.69, 9.17) is 27.9 Å². The summed E-state index contributed by atoms with van der Waals surface area (Å²) in [6.45, 7) is 3.32. The number of halogens is 2. The predicted molar refractivity (Wildman–Crippen MR) is 107 cm³/mol. The molecule has 0 radical (unpaired) electrons. The zero-order chi connectivity index (χ0) is 20.8. The average molecular weight is 424 g/mol. The first kappa shape index (κ1) is 21.7. The zero-order valence-corrected chi connectivity index (χ0v) is 17.1. The number of para-hydroxylation sites is 1. The summed E-state index contributed by atoms with van der Waals surface area (Å²) < 4.78 is 4.94. The van der Waals surface area contributed by atoms with Crippen molar-refractivity contribution in [3.8, 4) is 0 Å².